The third-order valence-electron chi connectivity index (χ3n) is 6.06. The number of nitrogens with zero attached hydrogens (tertiary/aromatic N) is 4. The molecule has 6 heteroatoms. The third-order valence-corrected chi connectivity index (χ3v) is 6.06. The SMILES string of the molecule is O=C1N([C@H]2CC[C@@H](O)CC2)CC[C@@]12CCCN(c1ncccn1)C2. The van der Waals surface area contributed by atoms with E-state index in [4.69, 9.17) is 0 Å². The Morgan fingerprint density at radius 1 is 1.08 bits per heavy atom. The van der Waals surface area contributed by atoms with Crippen molar-refractivity contribution in [2.75, 3.05) is 24.5 Å². The van der Waals surface area contributed by atoms with Crippen LogP contribution in [-0.2, 0) is 4.79 Å². The van der Waals surface area contributed by atoms with Gasteiger partial charge in [-0.25, -0.2) is 9.97 Å². The molecular weight excluding hydrogens is 304 g/mol. The van der Waals surface area contributed by atoms with Crippen molar-refractivity contribution in [2.24, 2.45) is 5.41 Å². The fourth-order valence-corrected chi connectivity index (χ4v) is 4.70. The van der Waals surface area contributed by atoms with E-state index >= 15 is 0 Å². The van der Waals surface area contributed by atoms with Gasteiger partial charge in [-0.3, -0.25) is 4.79 Å². The lowest BCUT2D eigenvalue weighted by molar-refractivity contribution is -0.139. The van der Waals surface area contributed by atoms with Crippen molar-refractivity contribution in [2.45, 2.75) is 57.1 Å². The molecule has 3 aliphatic rings. The summed E-state index contributed by atoms with van der Waals surface area (Å²) in [5.41, 5.74) is -0.256. The van der Waals surface area contributed by atoms with Crippen molar-refractivity contribution in [3.8, 4) is 0 Å². The average Bonchev–Trinajstić information content (AvgIpc) is 2.93. The van der Waals surface area contributed by atoms with Crippen molar-refractivity contribution < 1.29 is 9.90 Å². The fourth-order valence-electron chi connectivity index (χ4n) is 4.70. The van der Waals surface area contributed by atoms with Gasteiger partial charge in [-0.1, -0.05) is 0 Å². The lowest BCUT2D eigenvalue weighted by Crippen LogP contribution is -2.50. The van der Waals surface area contributed by atoms with Gasteiger partial charge in [0.1, 0.15) is 0 Å². The maximum absolute atomic E-state index is 13.2. The van der Waals surface area contributed by atoms with E-state index in [0.717, 1.165) is 70.5 Å². The maximum Gasteiger partial charge on any atom is 0.230 e. The van der Waals surface area contributed by atoms with Gasteiger partial charge in [-0.05, 0) is 51.0 Å². The van der Waals surface area contributed by atoms with Crippen molar-refractivity contribution in [3.63, 3.8) is 0 Å². The van der Waals surface area contributed by atoms with Gasteiger partial charge >= 0.3 is 0 Å². The summed E-state index contributed by atoms with van der Waals surface area (Å²) in [4.78, 5) is 26.2. The highest BCUT2D eigenvalue weighted by Crippen LogP contribution is 2.42. The number of hydrogen-bond acceptors (Lipinski definition) is 5. The Balaban J connectivity index is 1.48. The first-order valence-electron chi connectivity index (χ1n) is 9.19. The van der Waals surface area contributed by atoms with Crippen molar-refractivity contribution in [3.05, 3.63) is 18.5 Å². The minimum atomic E-state index is -0.256. The molecule has 1 N–H and O–H groups in total. The molecule has 24 heavy (non-hydrogen) atoms. The highest BCUT2D eigenvalue weighted by atomic mass is 16.3. The van der Waals surface area contributed by atoms with Gasteiger partial charge in [0.25, 0.3) is 0 Å². The second kappa shape index (κ2) is 6.31. The van der Waals surface area contributed by atoms with Crippen molar-refractivity contribution in [1.82, 2.24) is 14.9 Å². The minimum absolute atomic E-state index is 0.173. The van der Waals surface area contributed by atoms with E-state index in [-0.39, 0.29) is 11.5 Å². The number of aromatic nitrogens is 2. The van der Waals surface area contributed by atoms with E-state index in [2.05, 4.69) is 19.8 Å². The van der Waals surface area contributed by atoms with Crippen LogP contribution in [0.4, 0.5) is 5.95 Å². The Morgan fingerprint density at radius 2 is 1.83 bits per heavy atom. The van der Waals surface area contributed by atoms with Crippen LogP contribution in [0.15, 0.2) is 18.5 Å². The first kappa shape index (κ1) is 15.8. The molecular formula is C18H26N4O2. The van der Waals surface area contributed by atoms with Crippen LogP contribution in [0, 0.1) is 5.41 Å². The smallest absolute Gasteiger partial charge is 0.230 e. The summed E-state index contributed by atoms with van der Waals surface area (Å²) in [6.45, 7) is 2.53. The number of piperidine rings is 1. The molecule has 1 aliphatic carbocycles. The van der Waals surface area contributed by atoms with Crippen LogP contribution in [0.1, 0.15) is 44.9 Å². The molecule has 130 valence electrons. The maximum atomic E-state index is 13.2. The van der Waals surface area contributed by atoms with Gasteiger partial charge in [0.05, 0.1) is 11.5 Å². The Labute approximate surface area is 142 Å². The zero-order valence-corrected chi connectivity index (χ0v) is 14.1. The minimum Gasteiger partial charge on any atom is -0.393 e. The normalized spacial score (nSPS) is 34.1. The van der Waals surface area contributed by atoms with Crippen molar-refractivity contribution in [1.29, 1.82) is 0 Å². The molecule has 1 atom stereocenters. The van der Waals surface area contributed by atoms with E-state index in [1.807, 2.05) is 6.07 Å². The van der Waals surface area contributed by atoms with Gasteiger partial charge in [0.2, 0.25) is 11.9 Å². The summed E-state index contributed by atoms with van der Waals surface area (Å²) in [5, 5.41) is 9.71. The summed E-state index contributed by atoms with van der Waals surface area (Å²) in [6, 6.07) is 2.15. The van der Waals surface area contributed by atoms with Crippen LogP contribution < -0.4 is 4.90 Å². The van der Waals surface area contributed by atoms with Gasteiger partial charge in [0.15, 0.2) is 0 Å². The number of carbonyl (C=O) groups is 1. The molecule has 6 nitrogen and oxygen atoms in total. The van der Waals surface area contributed by atoms with Crippen LogP contribution in [-0.4, -0.2) is 57.7 Å². The predicted octanol–water partition coefficient (Wildman–Crippen LogP) is 1.60. The molecule has 0 bridgehead atoms. The predicted molar refractivity (Wildman–Crippen MR) is 90.5 cm³/mol. The molecule has 4 rings (SSSR count). The van der Waals surface area contributed by atoms with E-state index in [9.17, 15) is 9.90 Å². The molecule has 1 aromatic rings. The van der Waals surface area contributed by atoms with Gasteiger partial charge in [0, 0.05) is 38.1 Å². The number of anilines is 1. The topological polar surface area (TPSA) is 69.6 Å². The van der Waals surface area contributed by atoms with Gasteiger partial charge in [-0.15, -0.1) is 0 Å². The molecule has 1 spiro atoms. The number of likely N-dealkylation sites (tertiary alicyclic amines) is 1. The number of amides is 1. The second-order valence-electron chi connectivity index (χ2n) is 7.57. The molecule has 1 aromatic heterocycles. The number of carbonyl (C=O) groups excluding carboxylic acids is 1. The Bertz CT molecular complexity index is 588. The van der Waals surface area contributed by atoms with Crippen LogP contribution in [0.3, 0.4) is 0 Å². The lowest BCUT2D eigenvalue weighted by atomic mass is 9.78. The molecule has 0 radical (unpaired) electrons. The molecule has 3 heterocycles. The number of aliphatic hydroxyl groups is 1. The fraction of sp³-hybridized carbons (Fsp3) is 0.722. The first-order chi connectivity index (χ1) is 11.7. The standard InChI is InChI=1S/C18H26N4O2/c23-15-5-3-14(4-6-15)22-12-8-18(16(22)24)7-1-11-21(13-18)17-19-9-2-10-20-17/h2,9-10,14-15,23H,1,3-8,11-13H2/t14-,15+,18-/m1/s1. The molecule has 2 aliphatic heterocycles. The van der Waals surface area contributed by atoms with Gasteiger partial charge in [-0.2, -0.15) is 0 Å². The number of rotatable bonds is 2. The molecule has 0 aromatic carbocycles. The Kier molecular flexibility index (Phi) is 4.16. The molecule has 2 saturated heterocycles. The van der Waals surface area contributed by atoms with Crippen LogP contribution >= 0.6 is 0 Å². The van der Waals surface area contributed by atoms with E-state index in [0.29, 0.717) is 11.9 Å². The zero-order chi connectivity index (χ0) is 16.6. The monoisotopic (exact) mass is 330 g/mol. The van der Waals surface area contributed by atoms with Crippen LogP contribution in [0.5, 0.6) is 0 Å². The summed E-state index contributed by atoms with van der Waals surface area (Å²) in [5.74, 6) is 1.06. The van der Waals surface area contributed by atoms with Crippen molar-refractivity contribution >= 4 is 11.9 Å². The van der Waals surface area contributed by atoms with Gasteiger partial charge < -0.3 is 14.9 Å². The van der Waals surface area contributed by atoms with E-state index in [1.54, 1.807) is 12.4 Å². The Morgan fingerprint density at radius 3 is 2.58 bits per heavy atom. The highest BCUT2D eigenvalue weighted by Gasteiger charge is 2.50. The number of hydrogen-bond donors (Lipinski definition) is 1. The molecule has 1 amide bonds. The highest BCUT2D eigenvalue weighted by molar-refractivity contribution is 5.86. The van der Waals surface area contributed by atoms with E-state index < -0.39 is 0 Å². The third kappa shape index (κ3) is 2.77. The zero-order valence-electron chi connectivity index (χ0n) is 14.1. The first-order valence-corrected chi connectivity index (χ1v) is 9.19. The van der Waals surface area contributed by atoms with E-state index in [1.165, 1.54) is 0 Å². The largest absolute Gasteiger partial charge is 0.393 e. The summed E-state index contributed by atoms with van der Waals surface area (Å²) in [7, 11) is 0. The molecule has 3 fully saturated rings. The summed E-state index contributed by atoms with van der Waals surface area (Å²) in [6.07, 6.45) is 9.81. The van der Waals surface area contributed by atoms with Crippen LogP contribution in [0.2, 0.25) is 0 Å². The average molecular weight is 330 g/mol. The molecule has 1 saturated carbocycles. The summed E-state index contributed by atoms with van der Waals surface area (Å²) >= 11 is 0. The Hall–Kier alpha value is -1.69. The summed E-state index contributed by atoms with van der Waals surface area (Å²) < 4.78 is 0. The van der Waals surface area contributed by atoms with Crippen LogP contribution in [0.25, 0.3) is 0 Å². The second-order valence-corrected chi connectivity index (χ2v) is 7.57. The molecule has 0 unspecified atom stereocenters. The quantitative estimate of drug-likeness (QED) is 0.892. The number of aliphatic hydroxyl groups excluding tert-OH is 1. The lowest BCUT2D eigenvalue weighted by Gasteiger charge is -2.40.